The first-order valence-electron chi connectivity index (χ1n) is 4.64. The minimum atomic E-state index is -0.714. The van der Waals surface area contributed by atoms with Crippen molar-refractivity contribution < 1.29 is 9.90 Å². The van der Waals surface area contributed by atoms with Gasteiger partial charge in [0.25, 0.3) is 0 Å². The molecule has 0 aliphatic carbocycles. The molecule has 1 unspecified atom stereocenters. The van der Waals surface area contributed by atoms with E-state index in [0.29, 0.717) is 0 Å². The van der Waals surface area contributed by atoms with Gasteiger partial charge in [0, 0.05) is 25.6 Å². The summed E-state index contributed by atoms with van der Waals surface area (Å²) in [5.74, 6) is -0.482. The van der Waals surface area contributed by atoms with Crippen molar-refractivity contribution in [2.24, 2.45) is 5.92 Å². The van der Waals surface area contributed by atoms with Gasteiger partial charge in [-0.3, -0.25) is 4.79 Å². The number of aliphatic carboxylic acids is 1. The molecule has 0 spiro atoms. The summed E-state index contributed by atoms with van der Waals surface area (Å²) in [7, 11) is 0. The summed E-state index contributed by atoms with van der Waals surface area (Å²) < 4.78 is 2.18. The number of hydrogen-bond acceptors (Lipinski definition) is 2. The minimum absolute atomic E-state index is 0.232. The molecule has 15 heavy (non-hydrogen) atoms. The Kier molecular flexibility index (Phi) is 5.29. The maximum absolute atomic E-state index is 10.5. The molecule has 0 aliphatic heterocycles. The van der Waals surface area contributed by atoms with Crippen LogP contribution >= 0.6 is 43.2 Å². The highest BCUT2D eigenvalue weighted by Crippen LogP contribution is 2.33. The van der Waals surface area contributed by atoms with Crippen molar-refractivity contribution in [2.75, 3.05) is 0 Å². The molecule has 1 N–H and O–H groups in total. The molecule has 1 rings (SSSR count). The lowest BCUT2D eigenvalue weighted by molar-refractivity contribution is -0.138. The van der Waals surface area contributed by atoms with Crippen LogP contribution in [0, 0.1) is 5.92 Å². The Bertz CT molecular complexity index is 349. The first-order valence-corrected chi connectivity index (χ1v) is 7.10. The van der Waals surface area contributed by atoms with E-state index in [1.807, 2.05) is 12.3 Å². The van der Waals surface area contributed by atoms with Crippen molar-refractivity contribution in [1.29, 1.82) is 0 Å². The van der Waals surface area contributed by atoms with Crippen LogP contribution < -0.4 is 0 Å². The minimum Gasteiger partial charge on any atom is -0.481 e. The van der Waals surface area contributed by atoms with E-state index in [0.717, 1.165) is 21.8 Å². The fourth-order valence-electron chi connectivity index (χ4n) is 1.31. The Morgan fingerprint density at radius 2 is 2.27 bits per heavy atom. The number of carboxylic acid groups (broad SMARTS) is 1. The van der Waals surface area contributed by atoms with Gasteiger partial charge in [-0.15, -0.1) is 11.3 Å². The Hall–Kier alpha value is 0.130. The second kappa shape index (κ2) is 6.01. The lowest BCUT2D eigenvalue weighted by Gasteiger charge is -2.07. The normalized spacial score (nSPS) is 12.7. The van der Waals surface area contributed by atoms with Crippen LogP contribution in [0.3, 0.4) is 0 Å². The van der Waals surface area contributed by atoms with Crippen molar-refractivity contribution in [2.45, 2.75) is 26.2 Å². The topological polar surface area (TPSA) is 37.3 Å². The van der Waals surface area contributed by atoms with Gasteiger partial charge in [-0.2, -0.15) is 0 Å². The molecular formula is C10H12Br2O2S. The van der Waals surface area contributed by atoms with E-state index in [2.05, 4.69) is 31.9 Å². The van der Waals surface area contributed by atoms with Crippen LogP contribution in [0.2, 0.25) is 0 Å². The van der Waals surface area contributed by atoms with Crippen LogP contribution in [0.1, 0.15) is 24.6 Å². The lowest BCUT2D eigenvalue weighted by atomic mass is 10.0. The zero-order valence-corrected chi connectivity index (χ0v) is 12.3. The van der Waals surface area contributed by atoms with E-state index < -0.39 is 5.97 Å². The highest BCUT2D eigenvalue weighted by Gasteiger charge is 2.11. The highest BCUT2D eigenvalue weighted by molar-refractivity contribution is 9.13. The molecule has 84 valence electrons. The zero-order chi connectivity index (χ0) is 11.4. The number of rotatable bonds is 5. The summed E-state index contributed by atoms with van der Waals surface area (Å²) in [4.78, 5) is 11.8. The molecule has 1 aromatic rings. The molecule has 1 atom stereocenters. The first kappa shape index (κ1) is 13.2. The monoisotopic (exact) mass is 354 g/mol. The third-order valence-corrected chi connectivity index (χ3v) is 5.82. The first-order chi connectivity index (χ1) is 7.00. The quantitative estimate of drug-likeness (QED) is 0.854. The van der Waals surface area contributed by atoms with Crippen LogP contribution in [-0.2, 0) is 11.2 Å². The molecular weight excluding hydrogens is 344 g/mol. The molecule has 0 saturated carbocycles. The average molecular weight is 356 g/mol. The molecule has 1 heterocycles. The summed E-state index contributed by atoms with van der Waals surface area (Å²) in [6, 6.07) is 0. The molecule has 1 aromatic heterocycles. The van der Waals surface area contributed by atoms with Crippen LogP contribution in [0.4, 0.5) is 0 Å². The number of aryl methyl sites for hydroxylation is 1. The molecule has 0 bridgehead atoms. The van der Waals surface area contributed by atoms with Gasteiger partial charge in [-0.05, 0) is 50.6 Å². The van der Waals surface area contributed by atoms with Crippen molar-refractivity contribution in [1.82, 2.24) is 0 Å². The number of hydrogen-bond donors (Lipinski definition) is 1. The van der Waals surface area contributed by atoms with Crippen LogP contribution in [0.25, 0.3) is 0 Å². The highest BCUT2D eigenvalue weighted by atomic mass is 79.9. The number of thiophene rings is 1. The van der Waals surface area contributed by atoms with Gasteiger partial charge in [0.2, 0.25) is 0 Å². The Balaban J connectivity index is 2.43. The predicted octanol–water partition coefficient (Wildman–Crippen LogP) is 4.32. The van der Waals surface area contributed by atoms with E-state index in [-0.39, 0.29) is 12.3 Å². The van der Waals surface area contributed by atoms with Crippen LogP contribution in [-0.4, -0.2) is 11.1 Å². The summed E-state index contributed by atoms with van der Waals surface area (Å²) >= 11 is 8.63. The van der Waals surface area contributed by atoms with Crippen LogP contribution in [0.15, 0.2) is 14.3 Å². The summed E-state index contributed by atoms with van der Waals surface area (Å²) in [5, 5.41) is 10.7. The summed E-state index contributed by atoms with van der Waals surface area (Å²) in [5.41, 5.74) is 0. The largest absolute Gasteiger partial charge is 0.481 e. The number of carbonyl (C=O) groups is 1. The van der Waals surface area contributed by atoms with Crippen molar-refractivity contribution in [3.63, 3.8) is 0 Å². The molecule has 0 aromatic carbocycles. The molecule has 2 nitrogen and oxygen atoms in total. The summed E-state index contributed by atoms with van der Waals surface area (Å²) in [6.45, 7) is 1.98. The Morgan fingerprint density at radius 3 is 2.73 bits per heavy atom. The summed E-state index contributed by atoms with van der Waals surface area (Å²) in [6.07, 6.45) is 2.10. The molecule has 0 amide bonds. The molecule has 0 saturated heterocycles. The molecule has 0 fully saturated rings. The van der Waals surface area contributed by atoms with Crippen molar-refractivity contribution in [3.05, 3.63) is 19.2 Å². The van der Waals surface area contributed by atoms with E-state index >= 15 is 0 Å². The Labute approximate surface area is 110 Å². The van der Waals surface area contributed by atoms with E-state index in [1.54, 1.807) is 11.3 Å². The standard InChI is InChI=1S/C10H12Br2O2S/c1-6(4-9(13)14)2-3-8-10(12)7(11)5-15-8/h5-6H,2-4H2,1H3,(H,13,14). The molecule has 0 aliphatic rings. The maximum Gasteiger partial charge on any atom is 0.303 e. The zero-order valence-electron chi connectivity index (χ0n) is 8.30. The lowest BCUT2D eigenvalue weighted by Crippen LogP contribution is -2.04. The third kappa shape index (κ3) is 4.25. The molecule has 5 heteroatoms. The second-order valence-corrected chi connectivity index (χ2v) is 6.17. The average Bonchev–Trinajstić information content (AvgIpc) is 2.44. The van der Waals surface area contributed by atoms with Crippen molar-refractivity contribution >= 4 is 49.2 Å². The molecule has 0 radical (unpaired) electrons. The van der Waals surface area contributed by atoms with Crippen LogP contribution in [0.5, 0.6) is 0 Å². The number of halogens is 2. The van der Waals surface area contributed by atoms with Gasteiger partial charge >= 0.3 is 5.97 Å². The second-order valence-electron chi connectivity index (χ2n) is 3.56. The number of carboxylic acids is 1. The van der Waals surface area contributed by atoms with Gasteiger partial charge in [0.05, 0.1) is 0 Å². The maximum atomic E-state index is 10.5. The van der Waals surface area contributed by atoms with E-state index in [4.69, 9.17) is 5.11 Å². The van der Waals surface area contributed by atoms with Gasteiger partial charge in [-0.25, -0.2) is 0 Å². The van der Waals surface area contributed by atoms with E-state index in [9.17, 15) is 4.79 Å². The fraction of sp³-hybridized carbons (Fsp3) is 0.500. The van der Waals surface area contributed by atoms with Gasteiger partial charge in [-0.1, -0.05) is 6.92 Å². The fourth-order valence-corrected chi connectivity index (χ4v) is 3.51. The predicted molar refractivity (Wildman–Crippen MR) is 69.5 cm³/mol. The SMILES string of the molecule is CC(CCc1scc(Br)c1Br)CC(=O)O. The van der Waals surface area contributed by atoms with Gasteiger partial charge < -0.3 is 5.11 Å². The van der Waals surface area contributed by atoms with Crippen molar-refractivity contribution in [3.8, 4) is 0 Å². The Morgan fingerprint density at radius 1 is 1.60 bits per heavy atom. The van der Waals surface area contributed by atoms with E-state index in [1.165, 1.54) is 4.88 Å². The smallest absolute Gasteiger partial charge is 0.303 e. The van der Waals surface area contributed by atoms with Gasteiger partial charge in [0.15, 0.2) is 0 Å². The van der Waals surface area contributed by atoms with Gasteiger partial charge in [0.1, 0.15) is 0 Å². The third-order valence-electron chi connectivity index (χ3n) is 2.15.